The van der Waals surface area contributed by atoms with Crippen LogP contribution in [0.3, 0.4) is 0 Å². The lowest BCUT2D eigenvalue weighted by atomic mass is 10.1. The number of carbonyl (C=O) groups is 2. The van der Waals surface area contributed by atoms with E-state index >= 15 is 0 Å². The summed E-state index contributed by atoms with van der Waals surface area (Å²) in [5, 5.41) is 13.8. The number of carboxylic acids is 1. The van der Waals surface area contributed by atoms with E-state index in [9.17, 15) is 9.59 Å². The lowest BCUT2D eigenvalue weighted by Gasteiger charge is -2.13. The third-order valence-electron chi connectivity index (χ3n) is 6.83. The van der Waals surface area contributed by atoms with Crippen molar-refractivity contribution in [1.82, 2.24) is 14.7 Å². The Morgan fingerprint density at radius 1 is 1.02 bits per heavy atom. The number of hydrogen-bond donors (Lipinski definition) is 1. The van der Waals surface area contributed by atoms with Crippen molar-refractivity contribution in [1.29, 1.82) is 0 Å². The number of hydrogen-bond acceptors (Lipinski definition) is 6. The molecular weight excluding hydrogens is 567 g/mol. The molecule has 4 aromatic rings. The number of rotatable bonds is 12. The van der Waals surface area contributed by atoms with Crippen LogP contribution in [0.5, 0.6) is 5.75 Å². The first-order valence-corrected chi connectivity index (χ1v) is 15.0. The van der Waals surface area contributed by atoms with Gasteiger partial charge in [-0.25, -0.2) is 4.68 Å². The number of benzene rings is 3. The molecule has 0 bridgehead atoms. The van der Waals surface area contributed by atoms with Gasteiger partial charge in [0.05, 0.1) is 10.6 Å². The topological polar surface area (TPSA) is 84.7 Å². The Hall–Kier alpha value is -4.21. The summed E-state index contributed by atoms with van der Waals surface area (Å²) < 4.78 is 8.42. The summed E-state index contributed by atoms with van der Waals surface area (Å²) in [6, 6.07) is 25.9. The number of carbonyl (C=O) groups excluding carboxylic acids is 1. The zero-order chi connectivity index (χ0) is 29.5. The molecule has 0 spiro atoms. The predicted octanol–water partition coefficient (Wildman–Crippen LogP) is 7.27. The summed E-state index contributed by atoms with van der Waals surface area (Å²) in [6.07, 6.45) is 5.90. The molecule has 1 fully saturated rings. The Kier molecular flexibility index (Phi) is 9.51. The maximum absolute atomic E-state index is 13.3. The molecular formula is C33H31N3O4S2. The van der Waals surface area contributed by atoms with Crippen molar-refractivity contribution in [3.05, 3.63) is 107 Å². The van der Waals surface area contributed by atoms with Crippen molar-refractivity contribution in [2.24, 2.45) is 0 Å². The number of thiocarbonyl (C=S) groups is 1. The van der Waals surface area contributed by atoms with Crippen molar-refractivity contribution in [2.75, 3.05) is 6.54 Å². The van der Waals surface area contributed by atoms with E-state index in [1.807, 2.05) is 71.6 Å². The number of unbranched alkanes of at least 4 members (excludes halogenated alkanes) is 2. The molecule has 1 aliphatic rings. The SMILES string of the molecule is Cc1ccc(COc2cccc(-c3nn(-c4ccccc4)cc3C=C3SC(=S)N(CCCCCC(=O)O)C3=O)c2)cc1. The molecule has 3 aromatic carbocycles. The summed E-state index contributed by atoms with van der Waals surface area (Å²) in [4.78, 5) is 26.2. The lowest BCUT2D eigenvalue weighted by molar-refractivity contribution is -0.137. The van der Waals surface area contributed by atoms with Crippen LogP contribution in [0.15, 0.2) is 90.0 Å². The maximum Gasteiger partial charge on any atom is 0.303 e. The molecule has 214 valence electrons. The van der Waals surface area contributed by atoms with E-state index in [1.165, 1.54) is 17.3 Å². The minimum Gasteiger partial charge on any atom is -0.489 e. The van der Waals surface area contributed by atoms with Gasteiger partial charge in [-0.05, 0) is 55.7 Å². The first kappa shape index (κ1) is 29.3. The fraction of sp³-hybridized carbons (Fsp3) is 0.212. The minimum absolute atomic E-state index is 0.130. The van der Waals surface area contributed by atoms with Gasteiger partial charge in [-0.1, -0.05) is 90.6 Å². The van der Waals surface area contributed by atoms with E-state index in [0.29, 0.717) is 35.2 Å². The van der Waals surface area contributed by atoms with E-state index in [2.05, 4.69) is 31.2 Å². The van der Waals surface area contributed by atoms with Gasteiger partial charge in [0.2, 0.25) is 0 Å². The third kappa shape index (κ3) is 7.35. The second kappa shape index (κ2) is 13.6. The van der Waals surface area contributed by atoms with Crippen LogP contribution in [-0.4, -0.2) is 42.5 Å². The number of carboxylic acid groups (broad SMARTS) is 1. The highest BCUT2D eigenvalue weighted by molar-refractivity contribution is 8.26. The Bertz CT molecular complexity index is 1610. The van der Waals surface area contributed by atoms with Gasteiger partial charge in [0.25, 0.3) is 5.91 Å². The fourth-order valence-corrected chi connectivity index (χ4v) is 5.87. The van der Waals surface area contributed by atoms with Crippen molar-refractivity contribution < 1.29 is 19.4 Å². The van der Waals surface area contributed by atoms with Crippen LogP contribution >= 0.6 is 24.0 Å². The first-order valence-electron chi connectivity index (χ1n) is 13.8. The van der Waals surface area contributed by atoms with E-state index in [1.54, 1.807) is 4.90 Å². The second-order valence-electron chi connectivity index (χ2n) is 10.1. The summed E-state index contributed by atoms with van der Waals surface area (Å²) in [5.74, 6) is -0.224. The number of aromatic nitrogens is 2. The quantitative estimate of drug-likeness (QED) is 0.104. The molecule has 1 amide bonds. The Morgan fingerprint density at radius 3 is 2.57 bits per heavy atom. The molecule has 0 saturated carbocycles. The van der Waals surface area contributed by atoms with Crippen molar-refractivity contribution in [2.45, 2.75) is 39.2 Å². The Morgan fingerprint density at radius 2 is 1.81 bits per heavy atom. The zero-order valence-electron chi connectivity index (χ0n) is 23.2. The van der Waals surface area contributed by atoms with Gasteiger partial charge in [0.15, 0.2) is 0 Å². The number of para-hydroxylation sites is 1. The van der Waals surface area contributed by atoms with Gasteiger partial charge in [-0.15, -0.1) is 0 Å². The normalized spacial score (nSPS) is 14.1. The maximum atomic E-state index is 13.3. The average Bonchev–Trinajstić information content (AvgIpc) is 3.53. The van der Waals surface area contributed by atoms with Gasteiger partial charge in [-0.2, -0.15) is 5.10 Å². The van der Waals surface area contributed by atoms with Crippen LogP contribution in [0.4, 0.5) is 0 Å². The standard InChI is InChI=1S/C33H31N3O4S2/c1-23-14-16-24(17-15-23)22-40-28-12-8-9-25(19-28)31-26(21-36(34-31)27-10-4-2-5-11-27)20-29-32(39)35(33(41)42-29)18-7-3-6-13-30(37)38/h2,4-5,8-12,14-17,19-21H,3,6-7,13,18,22H2,1H3,(H,37,38). The fourth-order valence-electron chi connectivity index (χ4n) is 4.57. The van der Waals surface area contributed by atoms with Gasteiger partial charge in [0, 0.05) is 30.3 Å². The first-order chi connectivity index (χ1) is 20.4. The highest BCUT2D eigenvalue weighted by Crippen LogP contribution is 2.35. The van der Waals surface area contributed by atoms with Gasteiger partial charge in [0.1, 0.15) is 22.4 Å². The third-order valence-corrected chi connectivity index (χ3v) is 8.21. The number of ether oxygens (including phenoxy) is 1. The minimum atomic E-state index is -0.807. The smallest absolute Gasteiger partial charge is 0.303 e. The van der Waals surface area contributed by atoms with Crippen LogP contribution in [0.1, 0.15) is 42.4 Å². The molecule has 0 atom stereocenters. The van der Waals surface area contributed by atoms with Crippen LogP contribution in [0.25, 0.3) is 23.0 Å². The monoisotopic (exact) mass is 597 g/mol. The second-order valence-corrected chi connectivity index (χ2v) is 11.7. The molecule has 42 heavy (non-hydrogen) atoms. The molecule has 0 unspecified atom stereocenters. The summed E-state index contributed by atoms with van der Waals surface area (Å²) in [5.41, 5.74) is 5.57. The Balaban J connectivity index is 1.39. The van der Waals surface area contributed by atoms with E-state index < -0.39 is 5.97 Å². The summed E-state index contributed by atoms with van der Waals surface area (Å²) >= 11 is 6.80. The summed E-state index contributed by atoms with van der Waals surface area (Å²) in [7, 11) is 0. The van der Waals surface area contributed by atoms with Gasteiger partial charge in [-0.3, -0.25) is 14.5 Å². The zero-order valence-corrected chi connectivity index (χ0v) is 24.9. The number of amides is 1. The molecule has 5 rings (SSSR count). The number of nitrogens with zero attached hydrogens (tertiary/aromatic N) is 3. The van der Waals surface area contributed by atoms with Gasteiger partial charge < -0.3 is 9.84 Å². The molecule has 9 heteroatoms. The molecule has 7 nitrogen and oxygen atoms in total. The molecule has 1 aliphatic heterocycles. The predicted molar refractivity (Wildman–Crippen MR) is 170 cm³/mol. The van der Waals surface area contributed by atoms with Gasteiger partial charge >= 0.3 is 5.97 Å². The summed E-state index contributed by atoms with van der Waals surface area (Å²) in [6.45, 7) is 2.98. The van der Waals surface area contributed by atoms with Crippen LogP contribution in [0.2, 0.25) is 0 Å². The van der Waals surface area contributed by atoms with Crippen LogP contribution < -0.4 is 4.74 Å². The molecule has 0 aliphatic carbocycles. The number of aryl methyl sites for hydroxylation is 1. The van der Waals surface area contributed by atoms with Crippen molar-refractivity contribution in [3.63, 3.8) is 0 Å². The molecule has 2 heterocycles. The van der Waals surface area contributed by atoms with Crippen LogP contribution in [0, 0.1) is 6.92 Å². The van der Waals surface area contributed by atoms with Crippen molar-refractivity contribution >= 4 is 46.3 Å². The molecule has 1 N–H and O–H groups in total. The largest absolute Gasteiger partial charge is 0.489 e. The Labute approximate surface area is 254 Å². The lowest BCUT2D eigenvalue weighted by Crippen LogP contribution is -2.29. The van der Waals surface area contributed by atoms with E-state index in [4.69, 9.17) is 27.2 Å². The molecule has 1 saturated heterocycles. The van der Waals surface area contributed by atoms with Crippen LogP contribution in [-0.2, 0) is 16.2 Å². The molecule has 0 radical (unpaired) electrons. The molecule has 1 aromatic heterocycles. The highest BCUT2D eigenvalue weighted by atomic mass is 32.2. The number of thioether (sulfide) groups is 1. The highest BCUT2D eigenvalue weighted by Gasteiger charge is 2.32. The average molecular weight is 598 g/mol. The van der Waals surface area contributed by atoms with E-state index in [0.717, 1.165) is 40.2 Å². The number of aliphatic carboxylic acids is 1. The van der Waals surface area contributed by atoms with Crippen molar-refractivity contribution in [3.8, 4) is 22.7 Å². The van der Waals surface area contributed by atoms with E-state index in [-0.39, 0.29) is 12.3 Å².